The van der Waals surface area contributed by atoms with Crippen LogP contribution >= 0.6 is 0 Å². The van der Waals surface area contributed by atoms with Crippen LogP contribution in [0.3, 0.4) is 0 Å². The summed E-state index contributed by atoms with van der Waals surface area (Å²) < 4.78 is 29.4. The molecule has 1 fully saturated rings. The molecule has 1 aliphatic carbocycles. The molecule has 0 unspecified atom stereocenters. The van der Waals surface area contributed by atoms with Crippen LogP contribution in [-0.2, 0) is 4.74 Å². The quantitative estimate of drug-likeness (QED) is 0.650. The first-order chi connectivity index (χ1) is 5.57. The van der Waals surface area contributed by atoms with E-state index >= 15 is 0 Å². The van der Waals surface area contributed by atoms with E-state index in [0.717, 1.165) is 0 Å². The molecule has 3 nitrogen and oxygen atoms in total. The molecule has 2 N–H and O–H groups in total. The van der Waals surface area contributed by atoms with Gasteiger partial charge in [-0.15, -0.1) is 0 Å². The van der Waals surface area contributed by atoms with Crippen molar-refractivity contribution in [1.29, 1.82) is 0 Å². The molecular weight excluding hydrogens is 170 g/mol. The molecule has 72 valence electrons. The van der Waals surface area contributed by atoms with Crippen molar-refractivity contribution in [2.45, 2.75) is 31.0 Å². The predicted molar refractivity (Wildman–Crippen MR) is 37.0 cm³/mol. The average molecular weight is 182 g/mol. The van der Waals surface area contributed by atoms with Crippen molar-refractivity contribution >= 4 is 0 Å². The van der Waals surface area contributed by atoms with Crippen LogP contribution in [0.25, 0.3) is 0 Å². The van der Waals surface area contributed by atoms with Crippen molar-refractivity contribution in [3.8, 4) is 0 Å². The van der Waals surface area contributed by atoms with E-state index in [-0.39, 0.29) is 26.1 Å². The first-order valence-corrected chi connectivity index (χ1v) is 3.82. The van der Waals surface area contributed by atoms with Crippen LogP contribution in [0.2, 0.25) is 0 Å². The van der Waals surface area contributed by atoms with Gasteiger partial charge in [-0.1, -0.05) is 0 Å². The number of hydrogen-bond acceptors (Lipinski definition) is 3. The molecule has 0 saturated heterocycles. The number of aliphatic hydroxyl groups is 2. The summed E-state index contributed by atoms with van der Waals surface area (Å²) in [7, 11) is 0. The van der Waals surface area contributed by atoms with E-state index in [1.165, 1.54) is 0 Å². The van der Waals surface area contributed by atoms with Crippen molar-refractivity contribution in [3.05, 3.63) is 0 Å². The summed E-state index contributed by atoms with van der Waals surface area (Å²) in [6.07, 6.45) is -1.83. The Labute approximate surface area is 69.0 Å². The Kier molecular flexibility index (Phi) is 2.98. The highest BCUT2D eigenvalue weighted by atomic mass is 19.3. The molecule has 0 bridgehead atoms. The van der Waals surface area contributed by atoms with E-state index in [9.17, 15) is 8.78 Å². The lowest BCUT2D eigenvalue weighted by Gasteiger charge is -2.36. The van der Waals surface area contributed by atoms with Gasteiger partial charge < -0.3 is 14.9 Å². The van der Waals surface area contributed by atoms with Crippen LogP contribution in [0.4, 0.5) is 8.78 Å². The molecule has 0 atom stereocenters. The summed E-state index contributed by atoms with van der Waals surface area (Å²) in [6.45, 7) is -0.670. The minimum absolute atomic E-state index is 0.302. The van der Waals surface area contributed by atoms with E-state index in [1.54, 1.807) is 0 Å². The third-order valence-electron chi connectivity index (χ3n) is 1.84. The van der Waals surface area contributed by atoms with Gasteiger partial charge in [-0.25, -0.2) is 8.78 Å². The lowest BCUT2D eigenvalue weighted by molar-refractivity contribution is -0.191. The third kappa shape index (κ3) is 2.36. The van der Waals surface area contributed by atoms with Crippen molar-refractivity contribution in [1.82, 2.24) is 0 Å². The van der Waals surface area contributed by atoms with E-state index in [2.05, 4.69) is 0 Å². The normalized spacial score (nSPS) is 22.8. The van der Waals surface area contributed by atoms with Gasteiger partial charge in [0.05, 0.1) is 19.3 Å². The summed E-state index contributed by atoms with van der Waals surface area (Å²) in [5.74, 6) is -2.61. The molecule has 0 amide bonds. The zero-order chi connectivity index (χ0) is 9.19. The summed E-state index contributed by atoms with van der Waals surface area (Å²) in [5, 5.41) is 17.1. The maximum absolute atomic E-state index is 12.2. The maximum Gasteiger partial charge on any atom is 0.253 e. The molecule has 12 heavy (non-hydrogen) atoms. The molecule has 0 aromatic heterocycles. The number of hydrogen-bond donors (Lipinski definition) is 2. The molecule has 1 aliphatic rings. The maximum atomic E-state index is 12.2. The monoisotopic (exact) mass is 182 g/mol. The van der Waals surface area contributed by atoms with E-state index < -0.39 is 18.1 Å². The fourth-order valence-electron chi connectivity index (χ4n) is 1.12. The molecular formula is C7H12F2O3. The smallest absolute Gasteiger partial charge is 0.253 e. The molecule has 1 rings (SSSR count). The second kappa shape index (κ2) is 3.64. The van der Waals surface area contributed by atoms with Crippen LogP contribution in [0.5, 0.6) is 0 Å². The Bertz CT molecular complexity index is 140. The first-order valence-electron chi connectivity index (χ1n) is 3.82. The molecule has 5 heteroatoms. The van der Waals surface area contributed by atoms with E-state index in [1.807, 2.05) is 0 Å². The third-order valence-corrected chi connectivity index (χ3v) is 1.84. The lowest BCUT2D eigenvalue weighted by Crippen LogP contribution is -2.44. The van der Waals surface area contributed by atoms with Gasteiger partial charge in [0.25, 0.3) is 5.92 Å². The van der Waals surface area contributed by atoms with Crippen molar-refractivity contribution in [2.75, 3.05) is 13.2 Å². The number of rotatable bonds is 4. The van der Waals surface area contributed by atoms with Crippen molar-refractivity contribution < 1.29 is 23.7 Å². The Morgan fingerprint density at radius 3 is 2.17 bits per heavy atom. The van der Waals surface area contributed by atoms with Crippen molar-refractivity contribution in [3.63, 3.8) is 0 Å². The van der Waals surface area contributed by atoms with Gasteiger partial charge in [-0.3, -0.25) is 0 Å². The number of aliphatic hydroxyl groups excluding tert-OH is 2. The van der Waals surface area contributed by atoms with Gasteiger partial charge in [-0.2, -0.15) is 0 Å². The molecule has 0 aromatic carbocycles. The zero-order valence-corrected chi connectivity index (χ0v) is 6.54. The summed E-state index contributed by atoms with van der Waals surface area (Å²) in [5.41, 5.74) is 0. The Morgan fingerprint density at radius 2 is 1.83 bits per heavy atom. The molecule has 0 heterocycles. The molecule has 0 radical (unpaired) electrons. The van der Waals surface area contributed by atoms with Gasteiger partial charge in [-0.05, 0) is 0 Å². The standard InChI is InChI=1S/C7H12F2O3/c8-7(9)1-5(2-7)12-6(3-10)4-11/h5-6,10-11H,1-4H2. The first kappa shape index (κ1) is 9.83. The highest BCUT2D eigenvalue weighted by Crippen LogP contribution is 2.39. The van der Waals surface area contributed by atoms with E-state index in [4.69, 9.17) is 14.9 Å². The zero-order valence-electron chi connectivity index (χ0n) is 6.54. The van der Waals surface area contributed by atoms with Crippen LogP contribution in [0, 0.1) is 0 Å². The van der Waals surface area contributed by atoms with Gasteiger partial charge in [0.1, 0.15) is 6.10 Å². The van der Waals surface area contributed by atoms with Gasteiger partial charge >= 0.3 is 0 Å². The fourth-order valence-corrected chi connectivity index (χ4v) is 1.12. The van der Waals surface area contributed by atoms with Gasteiger partial charge in [0.2, 0.25) is 0 Å². The Balaban J connectivity index is 2.17. The van der Waals surface area contributed by atoms with Gasteiger partial charge in [0, 0.05) is 12.8 Å². The second-order valence-corrected chi connectivity index (χ2v) is 3.01. The number of alkyl halides is 2. The topological polar surface area (TPSA) is 49.7 Å². The highest BCUT2D eigenvalue weighted by molar-refractivity contribution is 4.87. The average Bonchev–Trinajstić information content (AvgIpc) is 1.96. The summed E-state index contributed by atoms with van der Waals surface area (Å²) >= 11 is 0. The van der Waals surface area contributed by atoms with Crippen LogP contribution in [-0.4, -0.2) is 41.6 Å². The SMILES string of the molecule is OCC(CO)OC1CC(F)(F)C1. The summed E-state index contributed by atoms with van der Waals surface area (Å²) in [4.78, 5) is 0. The van der Waals surface area contributed by atoms with Gasteiger partial charge in [0.15, 0.2) is 0 Å². The number of halogens is 2. The molecule has 0 aromatic rings. The number of ether oxygens (including phenoxy) is 1. The second-order valence-electron chi connectivity index (χ2n) is 3.01. The Hall–Kier alpha value is -0.260. The Morgan fingerprint density at radius 1 is 1.33 bits per heavy atom. The summed E-state index contributed by atoms with van der Waals surface area (Å²) in [6, 6.07) is 0. The largest absolute Gasteiger partial charge is 0.394 e. The molecule has 0 aliphatic heterocycles. The molecule has 0 spiro atoms. The van der Waals surface area contributed by atoms with E-state index in [0.29, 0.717) is 0 Å². The van der Waals surface area contributed by atoms with Crippen molar-refractivity contribution in [2.24, 2.45) is 0 Å². The minimum Gasteiger partial charge on any atom is -0.394 e. The molecule has 1 saturated carbocycles. The highest BCUT2D eigenvalue weighted by Gasteiger charge is 2.46. The van der Waals surface area contributed by atoms with Crippen LogP contribution in [0.15, 0.2) is 0 Å². The minimum atomic E-state index is -2.61. The predicted octanol–water partition coefficient (Wildman–Crippen LogP) is 0.154. The lowest BCUT2D eigenvalue weighted by atomic mass is 9.91. The fraction of sp³-hybridized carbons (Fsp3) is 1.00. The van der Waals surface area contributed by atoms with Crippen LogP contribution in [0.1, 0.15) is 12.8 Å². The van der Waals surface area contributed by atoms with Crippen LogP contribution < -0.4 is 0 Å².